The van der Waals surface area contributed by atoms with Crippen molar-refractivity contribution >= 4 is 52.3 Å². The van der Waals surface area contributed by atoms with Crippen molar-refractivity contribution in [2.75, 3.05) is 29.7 Å². The first-order valence-electron chi connectivity index (χ1n) is 11.3. The van der Waals surface area contributed by atoms with Crippen LogP contribution in [0.5, 0.6) is 11.5 Å². The SMILES string of the molecule is COc1cc(N/C(N)=N/N)cc(CNc2ccc(Cl)cc2C(=O)Nc2ccc(C(=N)N)cc2)c1OCC(=O)O. The smallest absolute Gasteiger partial charge is 0.341 e. The van der Waals surface area contributed by atoms with E-state index in [1.807, 2.05) is 0 Å². The Morgan fingerprint density at radius 2 is 1.77 bits per heavy atom. The van der Waals surface area contributed by atoms with Crippen LogP contribution >= 0.6 is 11.6 Å². The quantitative estimate of drug-likeness (QED) is 0.0747. The normalized spacial score (nSPS) is 10.9. The lowest BCUT2D eigenvalue weighted by Crippen LogP contribution is -2.24. The molecule has 0 saturated heterocycles. The third-order valence-electron chi connectivity index (χ3n) is 5.25. The average molecular weight is 555 g/mol. The van der Waals surface area contributed by atoms with Gasteiger partial charge in [0, 0.05) is 45.8 Å². The molecule has 0 aliphatic rings. The van der Waals surface area contributed by atoms with E-state index in [0.717, 1.165) is 0 Å². The molecule has 0 atom stereocenters. The second kappa shape index (κ2) is 12.9. The number of nitrogens with one attached hydrogen (secondary N) is 4. The summed E-state index contributed by atoms with van der Waals surface area (Å²) in [5, 5.41) is 29.1. The maximum atomic E-state index is 13.1. The molecule has 0 aromatic heterocycles. The molecule has 13 nitrogen and oxygen atoms in total. The van der Waals surface area contributed by atoms with Crippen molar-refractivity contribution in [1.82, 2.24) is 0 Å². The number of guanidine groups is 1. The minimum Gasteiger partial charge on any atom is -0.493 e. The van der Waals surface area contributed by atoms with Crippen LogP contribution in [0.3, 0.4) is 0 Å². The van der Waals surface area contributed by atoms with E-state index >= 15 is 0 Å². The monoisotopic (exact) mass is 554 g/mol. The predicted molar refractivity (Wildman–Crippen MR) is 150 cm³/mol. The molecule has 39 heavy (non-hydrogen) atoms. The van der Waals surface area contributed by atoms with Crippen LogP contribution in [0.15, 0.2) is 59.7 Å². The Kier molecular flexibility index (Phi) is 9.38. The van der Waals surface area contributed by atoms with Crippen LogP contribution in [0, 0.1) is 5.41 Å². The van der Waals surface area contributed by atoms with Gasteiger partial charge >= 0.3 is 5.97 Å². The summed E-state index contributed by atoms with van der Waals surface area (Å²) in [4.78, 5) is 24.3. The molecule has 3 aromatic rings. The summed E-state index contributed by atoms with van der Waals surface area (Å²) in [6.45, 7) is -0.532. The number of carbonyl (C=O) groups excluding carboxylic acids is 1. The second-order valence-corrected chi connectivity index (χ2v) is 8.41. The number of hydrazone groups is 1. The number of aliphatic carboxylic acids is 1. The molecule has 0 spiro atoms. The lowest BCUT2D eigenvalue weighted by atomic mass is 10.1. The van der Waals surface area contributed by atoms with Crippen LogP contribution in [-0.4, -0.2) is 42.5 Å². The van der Waals surface area contributed by atoms with E-state index in [2.05, 4.69) is 21.1 Å². The summed E-state index contributed by atoms with van der Waals surface area (Å²) in [7, 11) is 1.40. The second-order valence-electron chi connectivity index (χ2n) is 7.98. The standard InChI is InChI=1S/C25H27ClN8O5/c1-38-20-10-17(33-25(29)34-30)8-14(22(20)39-12-21(35)36)11-31-19-7-4-15(26)9-18(19)24(37)32-16-5-2-13(3-6-16)23(27)28/h2-10,31H,11-12,30H2,1H3,(H3,27,28)(H,32,37)(H,35,36)(H3,29,33,34). The summed E-state index contributed by atoms with van der Waals surface area (Å²) in [5.74, 6) is 3.83. The zero-order valence-corrected chi connectivity index (χ0v) is 21.5. The van der Waals surface area contributed by atoms with Crippen LogP contribution in [0.1, 0.15) is 21.5 Å². The molecule has 11 N–H and O–H groups in total. The summed E-state index contributed by atoms with van der Waals surface area (Å²) >= 11 is 6.18. The van der Waals surface area contributed by atoms with Gasteiger partial charge in [-0.15, -0.1) is 5.10 Å². The van der Waals surface area contributed by atoms with Gasteiger partial charge in [0.25, 0.3) is 5.91 Å². The number of amides is 1. The fourth-order valence-corrected chi connectivity index (χ4v) is 3.65. The van der Waals surface area contributed by atoms with Crippen molar-refractivity contribution in [3.8, 4) is 11.5 Å². The van der Waals surface area contributed by atoms with E-state index in [0.29, 0.717) is 33.2 Å². The van der Waals surface area contributed by atoms with E-state index in [1.165, 1.54) is 19.2 Å². The van der Waals surface area contributed by atoms with E-state index in [1.54, 1.807) is 42.5 Å². The van der Waals surface area contributed by atoms with Crippen LogP contribution in [0.2, 0.25) is 5.02 Å². The van der Waals surface area contributed by atoms with Crippen LogP contribution in [0.4, 0.5) is 17.1 Å². The zero-order chi connectivity index (χ0) is 28.5. The number of halogens is 1. The number of carboxylic acids is 1. The summed E-state index contributed by atoms with van der Waals surface area (Å²) < 4.78 is 10.9. The van der Waals surface area contributed by atoms with E-state index in [-0.39, 0.29) is 35.4 Å². The van der Waals surface area contributed by atoms with Gasteiger partial charge in [0.15, 0.2) is 18.1 Å². The predicted octanol–water partition coefficient (Wildman–Crippen LogP) is 2.56. The summed E-state index contributed by atoms with van der Waals surface area (Å²) in [6.07, 6.45) is 0. The Hall–Kier alpha value is -5.17. The Labute approximate surface area is 228 Å². The van der Waals surface area contributed by atoms with Gasteiger partial charge < -0.3 is 47.8 Å². The van der Waals surface area contributed by atoms with E-state index in [4.69, 9.17) is 48.9 Å². The van der Waals surface area contributed by atoms with Gasteiger partial charge in [0.1, 0.15) is 5.84 Å². The third kappa shape index (κ3) is 7.66. The van der Waals surface area contributed by atoms with Gasteiger partial charge in [-0.3, -0.25) is 10.2 Å². The van der Waals surface area contributed by atoms with Crippen molar-refractivity contribution in [3.05, 3.63) is 76.3 Å². The molecule has 0 heterocycles. The van der Waals surface area contributed by atoms with Gasteiger partial charge in [0.05, 0.1) is 12.7 Å². The van der Waals surface area contributed by atoms with E-state index in [9.17, 15) is 9.59 Å². The summed E-state index contributed by atoms with van der Waals surface area (Å²) in [6, 6.07) is 14.4. The highest BCUT2D eigenvalue weighted by molar-refractivity contribution is 6.31. The number of carboxylic acid groups (broad SMARTS) is 1. The molecule has 0 aliphatic heterocycles. The lowest BCUT2D eigenvalue weighted by Gasteiger charge is -2.18. The topological polar surface area (TPSA) is 223 Å². The highest BCUT2D eigenvalue weighted by atomic mass is 35.5. The molecule has 3 rings (SSSR count). The first-order chi connectivity index (χ1) is 18.6. The van der Waals surface area contributed by atoms with Crippen molar-refractivity contribution < 1.29 is 24.2 Å². The van der Waals surface area contributed by atoms with Crippen LogP contribution in [-0.2, 0) is 11.3 Å². The maximum absolute atomic E-state index is 13.1. The first-order valence-corrected chi connectivity index (χ1v) is 11.6. The van der Waals surface area contributed by atoms with E-state index < -0.39 is 18.5 Å². The van der Waals surface area contributed by atoms with Gasteiger partial charge in [-0.2, -0.15) is 0 Å². The van der Waals surface area contributed by atoms with Gasteiger partial charge in [-0.05, 0) is 48.5 Å². The number of benzene rings is 3. The number of hydrogen-bond donors (Lipinski definition) is 8. The molecule has 0 bridgehead atoms. The number of amidine groups is 1. The number of rotatable bonds is 11. The number of nitrogens with zero attached hydrogens (tertiary/aromatic N) is 1. The molecule has 0 aliphatic carbocycles. The highest BCUT2D eigenvalue weighted by Gasteiger charge is 2.18. The Balaban J connectivity index is 1.91. The molecule has 0 fully saturated rings. The van der Waals surface area contributed by atoms with Crippen molar-refractivity contribution in [2.45, 2.75) is 6.54 Å². The Morgan fingerprint density at radius 3 is 2.38 bits per heavy atom. The Bertz CT molecular complexity index is 1410. The lowest BCUT2D eigenvalue weighted by molar-refractivity contribution is -0.139. The van der Waals surface area contributed by atoms with Crippen LogP contribution < -0.4 is 42.7 Å². The van der Waals surface area contributed by atoms with Crippen molar-refractivity contribution in [1.29, 1.82) is 5.41 Å². The van der Waals surface area contributed by atoms with Crippen molar-refractivity contribution in [2.24, 2.45) is 22.4 Å². The minimum absolute atomic E-state index is 0.0665. The van der Waals surface area contributed by atoms with Crippen molar-refractivity contribution in [3.63, 3.8) is 0 Å². The number of methoxy groups -OCH3 is 1. The fraction of sp³-hybridized carbons (Fsp3) is 0.120. The largest absolute Gasteiger partial charge is 0.493 e. The third-order valence-corrected chi connectivity index (χ3v) is 5.49. The number of ether oxygens (including phenoxy) is 2. The van der Waals surface area contributed by atoms with Gasteiger partial charge in [-0.25, -0.2) is 4.79 Å². The summed E-state index contributed by atoms with van der Waals surface area (Å²) in [5.41, 5.74) is 13.8. The molecular formula is C25H27ClN8O5. The molecule has 14 heteroatoms. The highest BCUT2D eigenvalue weighted by Crippen LogP contribution is 2.36. The number of nitrogen functional groups attached to an aromatic ring is 1. The number of carbonyl (C=O) groups is 2. The Morgan fingerprint density at radius 1 is 1.05 bits per heavy atom. The minimum atomic E-state index is -1.18. The molecule has 1 amide bonds. The number of anilines is 3. The molecule has 3 aromatic carbocycles. The van der Waals surface area contributed by atoms with Gasteiger partial charge in [-0.1, -0.05) is 11.6 Å². The molecule has 0 saturated carbocycles. The number of hydrogen-bond acceptors (Lipinski definition) is 8. The zero-order valence-electron chi connectivity index (χ0n) is 20.7. The number of nitrogens with two attached hydrogens (primary N) is 3. The van der Waals surface area contributed by atoms with Crippen LogP contribution in [0.25, 0.3) is 0 Å². The molecule has 0 unspecified atom stereocenters. The molecule has 0 radical (unpaired) electrons. The molecular weight excluding hydrogens is 528 g/mol. The molecule has 204 valence electrons. The van der Waals surface area contributed by atoms with Gasteiger partial charge in [0.2, 0.25) is 5.96 Å². The average Bonchev–Trinajstić information content (AvgIpc) is 2.91. The fourth-order valence-electron chi connectivity index (χ4n) is 3.47. The maximum Gasteiger partial charge on any atom is 0.341 e. The first kappa shape index (κ1) is 28.4.